The molecule has 0 aromatic heterocycles. The van der Waals surface area contributed by atoms with Crippen LogP contribution in [0.5, 0.6) is 0 Å². The highest BCUT2D eigenvalue weighted by Crippen LogP contribution is 2.12. The van der Waals surface area contributed by atoms with Crippen molar-refractivity contribution in [2.75, 3.05) is 17.7 Å². The van der Waals surface area contributed by atoms with Gasteiger partial charge in [-0.15, -0.1) is 0 Å². The highest BCUT2D eigenvalue weighted by Gasteiger charge is 1.95. The van der Waals surface area contributed by atoms with Crippen molar-refractivity contribution in [1.29, 1.82) is 0 Å². The van der Waals surface area contributed by atoms with Gasteiger partial charge in [0.05, 0.1) is 5.49 Å². The fourth-order valence-corrected chi connectivity index (χ4v) is 1.35. The molecule has 0 fully saturated rings. The summed E-state index contributed by atoms with van der Waals surface area (Å²) in [4.78, 5) is 0. The first-order valence-electron chi connectivity index (χ1n) is 4.30. The smallest absolute Gasteiger partial charge is 0.185 e. The van der Waals surface area contributed by atoms with Gasteiger partial charge in [0.2, 0.25) is 0 Å². The van der Waals surface area contributed by atoms with E-state index in [4.69, 9.17) is 12.2 Å². The van der Waals surface area contributed by atoms with Crippen LogP contribution in [0.4, 0.5) is 11.4 Å². The van der Waals surface area contributed by atoms with Gasteiger partial charge in [-0.05, 0) is 36.5 Å². The lowest BCUT2D eigenvalue weighted by Crippen LogP contribution is -2.37. The summed E-state index contributed by atoms with van der Waals surface area (Å²) >= 11 is 9.68. The SMILES string of the molecule is CNNC(=S)Nc1ccc(NC=S)cc1. The first kappa shape index (κ1) is 11.8. The molecule has 0 aliphatic heterocycles. The van der Waals surface area contributed by atoms with Gasteiger partial charge in [-0.3, -0.25) is 5.43 Å². The van der Waals surface area contributed by atoms with E-state index < -0.39 is 0 Å². The molecule has 4 N–H and O–H groups in total. The Labute approximate surface area is 99.4 Å². The molecular formula is C9H12N4S2. The second-order valence-electron chi connectivity index (χ2n) is 2.67. The molecule has 0 saturated carbocycles. The van der Waals surface area contributed by atoms with Gasteiger partial charge in [0, 0.05) is 18.4 Å². The van der Waals surface area contributed by atoms with Gasteiger partial charge in [-0.1, -0.05) is 12.2 Å². The minimum atomic E-state index is 0.521. The molecule has 0 radical (unpaired) electrons. The van der Waals surface area contributed by atoms with Gasteiger partial charge in [-0.25, -0.2) is 5.43 Å². The molecule has 0 atom stereocenters. The van der Waals surface area contributed by atoms with Crippen LogP contribution in [0.2, 0.25) is 0 Å². The van der Waals surface area contributed by atoms with E-state index in [1.807, 2.05) is 24.3 Å². The summed E-state index contributed by atoms with van der Waals surface area (Å²) in [5.41, 5.74) is 8.83. The lowest BCUT2D eigenvalue weighted by Gasteiger charge is -2.09. The van der Waals surface area contributed by atoms with Crippen molar-refractivity contribution in [3.63, 3.8) is 0 Å². The van der Waals surface area contributed by atoms with Gasteiger partial charge in [0.1, 0.15) is 0 Å². The van der Waals surface area contributed by atoms with Crippen LogP contribution in [0.25, 0.3) is 0 Å². The lowest BCUT2D eigenvalue weighted by atomic mass is 10.3. The van der Waals surface area contributed by atoms with Crippen LogP contribution in [0, 0.1) is 0 Å². The highest BCUT2D eigenvalue weighted by molar-refractivity contribution is 7.80. The number of benzene rings is 1. The molecule has 6 heteroatoms. The monoisotopic (exact) mass is 240 g/mol. The van der Waals surface area contributed by atoms with E-state index in [0.29, 0.717) is 5.11 Å². The average Bonchev–Trinajstić information content (AvgIpc) is 2.22. The quantitative estimate of drug-likeness (QED) is 0.472. The van der Waals surface area contributed by atoms with Gasteiger partial charge >= 0.3 is 0 Å². The maximum Gasteiger partial charge on any atom is 0.185 e. The molecule has 0 amide bonds. The number of hydrogen-bond acceptors (Lipinski definition) is 3. The summed E-state index contributed by atoms with van der Waals surface area (Å²) in [5.74, 6) is 0. The molecule has 4 nitrogen and oxygen atoms in total. The Hall–Kier alpha value is -1.24. The molecule has 1 aromatic carbocycles. The first-order chi connectivity index (χ1) is 7.26. The Morgan fingerprint density at radius 3 is 2.33 bits per heavy atom. The van der Waals surface area contributed by atoms with E-state index in [1.165, 1.54) is 5.49 Å². The largest absolute Gasteiger partial charge is 0.353 e. The van der Waals surface area contributed by atoms with Crippen molar-refractivity contribution in [3.8, 4) is 0 Å². The lowest BCUT2D eigenvalue weighted by molar-refractivity contribution is 0.776. The van der Waals surface area contributed by atoms with E-state index >= 15 is 0 Å². The van der Waals surface area contributed by atoms with Crippen molar-refractivity contribution in [2.24, 2.45) is 0 Å². The van der Waals surface area contributed by atoms with E-state index in [0.717, 1.165) is 11.4 Å². The summed E-state index contributed by atoms with van der Waals surface area (Å²) in [5, 5.41) is 6.44. The Morgan fingerprint density at radius 1 is 1.20 bits per heavy atom. The fourth-order valence-electron chi connectivity index (χ4n) is 0.994. The Morgan fingerprint density at radius 2 is 1.80 bits per heavy atom. The zero-order chi connectivity index (χ0) is 11.1. The number of anilines is 2. The molecule has 0 aliphatic carbocycles. The predicted octanol–water partition coefficient (Wildman–Crippen LogP) is 1.48. The molecule has 80 valence electrons. The maximum atomic E-state index is 5.00. The minimum Gasteiger partial charge on any atom is -0.353 e. The molecule has 0 unspecified atom stereocenters. The van der Waals surface area contributed by atoms with Crippen LogP contribution in [-0.4, -0.2) is 17.7 Å². The zero-order valence-corrected chi connectivity index (χ0v) is 9.84. The van der Waals surface area contributed by atoms with Crippen LogP contribution in [0.15, 0.2) is 24.3 Å². The maximum absolute atomic E-state index is 5.00. The van der Waals surface area contributed by atoms with Gasteiger partial charge in [0.25, 0.3) is 0 Å². The van der Waals surface area contributed by atoms with Crippen LogP contribution in [0.1, 0.15) is 0 Å². The minimum absolute atomic E-state index is 0.521. The Balaban J connectivity index is 2.56. The van der Waals surface area contributed by atoms with Crippen molar-refractivity contribution >= 4 is 46.4 Å². The summed E-state index contributed by atoms with van der Waals surface area (Å²) in [6, 6.07) is 7.63. The van der Waals surface area contributed by atoms with Crippen molar-refractivity contribution in [3.05, 3.63) is 24.3 Å². The standard InChI is InChI=1S/C9H12N4S2/c1-10-13-9(15)12-8-4-2-7(3-5-8)11-6-14/h2-6,10H,1H3,(H,11,14)(H2,12,13,15). The molecule has 1 rings (SSSR count). The van der Waals surface area contributed by atoms with Crippen molar-refractivity contribution in [1.82, 2.24) is 10.9 Å². The molecular weight excluding hydrogens is 228 g/mol. The Kier molecular flexibility index (Phi) is 4.96. The fraction of sp³-hybridized carbons (Fsp3) is 0.111. The Bertz CT molecular complexity index is 336. The van der Waals surface area contributed by atoms with Crippen molar-refractivity contribution < 1.29 is 0 Å². The van der Waals surface area contributed by atoms with Crippen LogP contribution >= 0.6 is 24.4 Å². The number of thiocarbonyl (C=S) groups is 2. The second kappa shape index (κ2) is 6.28. The van der Waals surface area contributed by atoms with E-state index in [-0.39, 0.29) is 0 Å². The second-order valence-corrected chi connectivity index (χ2v) is 3.31. The van der Waals surface area contributed by atoms with E-state index in [2.05, 4.69) is 33.7 Å². The summed E-state index contributed by atoms with van der Waals surface area (Å²) in [6.45, 7) is 0. The summed E-state index contributed by atoms with van der Waals surface area (Å²) < 4.78 is 0. The number of rotatable bonds is 4. The van der Waals surface area contributed by atoms with E-state index in [9.17, 15) is 0 Å². The molecule has 0 spiro atoms. The summed E-state index contributed by atoms with van der Waals surface area (Å²) in [6.07, 6.45) is 0. The van der Waals surface area contributed by atoms with Gasteiger partial charge < -0.3 is 10.6 Å². The van der Waals surface area contributed by atoms with Crippen LogP contribution in [0.3, 0.4) is 0 Å². The average molecular weight is 240 g/mol. The van der Waals surface area contributed by atoms with Gasteiger partial charge in [0.15, 0.2) is 5.11 Å². The third-order valence-electron chi connectivity index (χ3n) is 1.61. The van der Waals surface area contributed by atoms with Gasteiger partial charge in [-0.2, -0.15) is 0 Å². The first-order valence-corrected chi connectivity index (χ1v) is 5.18. The molecule has 0 saturated heterocycles. The normalized spacial score (nSPS) is 9.13. The molecule has 0 heterocycles. The predicted molar refractivity (Wildman–Crippen MR) is 72.1 cm³/mol. The molecule has 0 aliphatic rings. The number of hydrazine groups is 1. The summed E-state index contributed by atoms with van der Waals surface area (Å²) in [7, 11) is 1.75. The number of nitrogens with one attached hydrogen (secondary N) is 4. The topological polar surface area (TPSA) is 48.1 Å². The highest BCUT2D eigenvalue weighted by atomic mass is 32.1. The molecule has 0 bridgehead atoms. The third kappa shape index (κ3) is 4.20. The van der Waals surface area contributed by atoms with Crippen molar-refractivity contribution in [2.45, 2.75) is 0 Å². The number of hydrogen-bond donors (Lipinski definition) is 4. The zero-order valence-electron chi connectivity index (χ0n) is 8.20. The van der Waals surface area contributed by atoms with Crippen LogP contribution < -0.4 is 21.5 Å². The van der Waals surface area contributed by atoms with E-state index in [1.54, 1.807) is 7.05 Å². The molecule has 15 heavy (non-hydrogen) atoms. The molecule has 1 aromatic rings. The van der Waals surface area contributed by atoms with Crippen LogP contribution in [-0.2, 0) is 0 Å². The third-order valence-corrected chi connectivity index (χ3v) is 1.93.